The molecule has 0 radical (unpaired) electrons. The van der Waals surface area contributed by atoms with Gasteiger partial charge in [0.1, 0.15) is 5.75 Å². The molecule has 0 saturated carbocycles. The zero-order valence-electron chi connectivity index (χ0n) is 12.1. The van der Waals surface area contributed by atoms with Gasteiger partial charge in [-0.15, -0.1) is 0 Å². The van der Waals surface area contributed by atoms with Crippen LogP contribution in [0.1, 0.15) is 31.9 Å². The van der Waals surface area contributed by atoms with Crippen molar-refractivity contribution in [1.29, 1.82) is 5.41 Å². The Balaban J connectivity index is 3.05. The molecule has 2 N–H and O–H groups in total. The van der Waals surface area contributed by atoms with Gasteiger partial charge in [0, 0.05) is 18.2 Å². The molecule has 0 amide bonds. The maximum Gasteiger partial charge on any atom is 0.191 e. The predicted octanol–water partition coefficient (Wildman–Crippen LogP) is 3.57. The molecule has 4 heteroatoms. The number of hydrogen-bond donors (Lipinski definition) is 2. The van der Waals surface area contributed by atoms with Gasteiger partial charge in [0.25, 0.3) is 0 Å². The van der Waals surface area contributed by atoms with E-state index in [1.807, 2.05) is 32.9 Å². The molecule has 104 valence electrons. The molecule has 19 heavy (non-hydrogen) atoms. The molecule has 0 fully saturated rings. The molecular formula is C15H21FN2O. The second-order valence-electron chi connectivity index (χ2n) is 4.71. The molecule has 1 aromatic carbocycles. The fraction of sp³-hybridized carbons (Fsp3) is 0.400. The van der Waals surface area contributed by atoms with Crippen molar-refractivity contribution in [3.63, 3.8) is 0 Å². The average molecular weight is 264 g/mol. The number of halogens is 1. The molecule has 0 aliphatic heterocycles. The van der Waals surface area contributed by atoms with Crippen LogP contribution in [0.25, 0.3) is 0 Å². The summed E-state index contributed by atoms with van der Waals surface area (Å²) in [6, 6.07) is 5.44. The van der Waals surface area contributed by atoms with Crippen LogP contribution in [0.5, 0.6) is 5.75 Å². The molecule has 3 nitrogen and oxygen atoms in total. The van der Waals surface area contributed by atoms with Crippen LogP contribution in [0.3, 0.4) is 0 Å². The summed E-state index contributed by atoms with van der Waals surface area (Å²) in [5.41, 5.74) is 2.08. The number of rotatable bonds is 5. The number of benzene rings is 1. The number of nitrogens with one attached hydrogen (secondary N) is 2. The third-order valence-corrected chi connectivity index (χ3v) is 2.75. The summed E-state index contributed by atoms with van der Waals surface area (Å²) in [6.45, 7) is 7.43. The summed E-state index contributed by atoms with van der Waals surface area (Å²) in [5.74, 6) is 0.312. The molecule has 0 atom stereocenters. The highest BCUT2D eigenvalue weighted by Gasteiger charge is 2.11. The predicted molar refractivity (Wildman–Crippen MR) is 76.6 cm³/mol. The van der Waals surface area contributed by atoms with Crippen LogP contribution in [-0.4, -0.2) is 18.9 Å². The van der Waals surface area contributed by atoms with Crippen molar-refractivity contribution in [3.8, 4) is 5.75 Å². The van der Waals surface area contributed by atoms with Gasteiger partial charge in [-0.2, -0.15) is 4.39 Å². The number of aryl methyl sites for hydroxylation is 1. The Morgan fingerprint density at radius 2 is 2.00 bits per heavy atom. The van der Waals surface area contributed by atoms with E-state index in [2.05, 4.69) is 5.32 Å². The van der Waals surface area contributed by atoms with Crippen molar-refractivity contribution in [2.75, 3.05) is 7.05 Å². The summed E-state index contributed by atoms with van der Waals surface area (Å²) >= 11 is 0. The van der Waals surface area contributed by atoms with Crippen molar-refractivity contribution in [2.24, 2.45) is 0 Å². The highest BCUT2D eigenvalue weighted by Crippen LogP contribution is 2.22. The van der Waals surface area contributed by atoms with Gasteiger partial charge < -0.3 is 10.1 Å². The number of allylic oxidation sites excluding steroid dienone is 1. The normalized spacial score (nSPS) is 12.2. The van der Waals surface area contributed by atoms with Crippen molar-refractivity contribution < 1.29 is 9.13 Å². The van der Waals surface area contributed by atoms with Gasteiger partial charge in [-0.25, -0.2) is 0 Å². The highest BCUT2D eigenvalue weighted by molar-refractivity contribution is 6.10. The monoisotopic (exact) mass is 264 g/mol. The first kappa shape index (κ1) is 15.2. The van der Waals surface area contributed by atoms with Gasteiger partial charge >= 0.3 is 0 Å². The minimum atomic E-state index is -0.481. The van der Waals surface area contributed by atoms with Gasteiger partial charge in [-0.05, 0) is 51.5 Å². The largest absolute Gasteiger partial charge is 0.491 e. The van der Waals surface area contributed by atoms with E-state index >= 15 is 0 Å². The SMILES string of the molecule is CN/C(F)=C(/C)C(=N)c1ccc(OC(C)C)c(C)c1. The van der Waals surface area contributed by atoms with Crippen molar-refractivity contribution in [1.82, 2.24) is 5.32 Å². The molecular weight excluding hydrogens is 243 g/mol. The van der Waals surface area contributed by atoms with Crippen molar-refractivity contribution >= 4 is 5.71 Å². The van der Waals surface area contributed by atoms with Crippen LogP contribution in [0.4, 0.5) is 4.39 Å². The van der Waals surface area contributed by atoms with Crippen LogP contribution in [0.2, 0.25) is 0 Å². The Morgan fingerprint density at radius 1 is 1.37 bits per heavy atom. The van der Waals surface area contributed by atoms with E-state index in [4.69, 9.17) is 10.1 Å². The minimum absolute atomic E-state index is 0.104. The zero-order chi connectivity index (χ0) is 14.6. The van der Waals surface area contributed by atoms with Gasteiger partial charge in [-0.3, -0.25) is 5.41 Å². The molecule has 1 aromatic rings. The Labute approximate surface area is 114 Å². The number of ether oxygens (including phenoxy) is 1. The second-order valence-corrected chi connectivity index (χ2v) is 4.71. The van der Waals surface area contributed by atoms with Crippen LogP contribution in [0.15, 0.2) is 29.7 Å². The molecule has 0 spiro atoms. The smallest absolute Gasteiger partial charge is 0.191 e. The van der Waals surface area contributed by atoms with E-state index in [0.717, 1.165) is 11.3 Å². The maximum atomic E-state index is 13.4. The molecule has 1 rings (SSSR count). The Bertz CT molecular complexity index is 507. The third kappa shape index (κ3) is 3.81. The standard InChI is InChI=1S/C15H21FN2O/c1-9(2)19-13-7-6-12(8-10(13)3)14(17)11(4)15(16)18-5/h6-9,17-18H,1-5H3/b15-11-,17-14?. The lowest BCUT2D eigenvalue weighted by Gasteiger charge is -2.14. The molecule has 0 unspecified atom stereocenters. The quantitative estimate of drug-likeness (QED) is 0.631. The Morgan fingerprint density at radius 3 is 2.47 bits per heavy atom. The fourth-order valence-electron chi connectivity index (χ4n) is 1.70. The lowest BCUT2D eigenvalue weighted by atomic mass is 10.0. The van der Waals surface area contributed by atoms with Crippen molar-refractivity contribution in [2.45, 2.75) is 33.8 Å². The molecule has 0 aromatic heterocycles. The third-order valence-electron chi connectivity index (χ3n) is 2.75. The average Bonchev–Trinajstić information content (AvgIpc) is 2.38. The maximum absolute atomic E-state index is 13.4. The first-order valence-electron chi connectivity index (χ1n) is 6.27. The minimum Gasteiger partial charge on any atom is -0.491 e. The molecule has 0 bridgehead atoms. The molecule has 0 aliphatic rings. The lowest BCUT2D eigenvalue weighted by Crippen LogP contribution is -2.11. The molecule has 0 saturated heterocycles. The van der Waals surface area contributed by atoms with Gasteiger partial charge in [0.15, 0.2) is 5.95 Å². The van der Waals surface area contributed by atoms with Gasteiger partial charge in [0.05, 0.1) is 11.8 Å². The summed E-state index contributed by atoms with van der Waals surface area (Å²) in [7, 11) is 1.50. The van der Waals surface area contributed by atoms with E-state index in [-0.39, 0.29) is 11.8 Å². The van der Waals surface area contributed by atoms with E-state index in [1.54, 1.807) is 13.0 Å². The van der Waals surface area contributed by atoms with Gasteiger partial charge in [-0.1, -0.05) is 0 Å². The van der Waals surface area contributed by atoms with Crippen molar-refractivity contribution in [3.05, 3.63) is 40.8 Å². The van der Waals surface area contributed by atoms with Gasteiger partial charge in [0.2, 0.25) is 0 Å². The summed E-state index contributed by atoms with van der Waals surface area (Å²) < 4.78 is 19.1. The summed E-state index contributed by atoms with van der Waals surface area (Å²) in [6.07, 6.45) is 0.104. The van der Waals surface area contributed by atoms with Crippen LogP contribution < -0.4 is 10.1 Å². The lowest BCUT2D eigenvalue weighted by molar-refractivity contribution is 0.241. The van der Waals surface area contributed by atoms with E-state index in [1.165, 1.54) is 7.05 Å². The first-order valence-corrected chi connectivity index (χ1v) is 6.27. The second kappa shape index (κ2) is 6.36. The Hall–Kier alpha value is -1.84. The topological polar surface area (TPSA) is 45.1 Å². The van der Waals surface area contributed by atoms with Crippen LogP contribution in [0, 0.1) is 12.3 Å². The fourth-order valence-corrected chi connectivity index (χ4v) is 1.70. The Kier molecular flexibility index (Phi) is 5.10. The number of hydrogen-bond acceptors (Lipinski definition) is 3. The van der Waals surface area contributed by atoms with E-state index in [0.29, 0.717) is 11.1 Å². The molecule has 0 aliphatic carbocycles. The van der Waals surface area contributed by atoms with Crippen LogP contribution >= 0.6 is 0 Å². The summed E-state index contributed by atoms with van der Waals surface area (Å²) in [4.78, 5) is 0. The van der Waals surface area contributed by atoms with E-state index < -0.39 is 5.95 Å². The van der Waals surface area contributed by atoms with E-state index in [9.17, 15) is 4.39 Å². The van der Waals surface area contributed by atoms with Crippen LogP contribution in [-0.2, 0) is 0 Å². The summed E-state index contributed by atoms with van der Waals surface area (Å²) in [5, 5.41) is 10.4. The molecule has 0 heterocycles. The zero-order valence-corrected chi connectivity index (χ0v) is 12.1. The first-order chi connectivity index (χ1) is 8.86. The highest BCUT2D eigenvalue weighted by atomic mass is 19.1.